The fraction of sp³-hybridized carbons (Fsp3) is 0.923. The maximum Gasteiger partial charge on any atom is 0.293 e. The summed E-state index contributed by atoms with van der Waals surface area (Å²) >= 11 is 0. The first-order chi connectivity index (χ1) is 7.27. The maximum atomic E-state index is 9.84. The minimum absolute atomic E-state index is 0.534. The van der Waals surface area contributed by atoms with Crippen molar-refractivity contribution in [3.05, 3.63) is 0 Å². The Labute approximate surface area is 94.4 Å². The molecule has 0 aromatic heterocycles. The van der Waals surface area contributed by atoms with E-state index >= 15 is 0 Å². The van der Waals surface area contributed by atoms with E-state index in [0.717, 1.165) is 12.3 Å². The van der Waals surface area contributed by atoms with Crippen molar-refractivity contribution in [2.45, 2.75) is 65.2 Å². The van der Waals surface area contributed by atoms with Gasteiger partial charge in [-0.1, -0.05) is 58.8 Å². The molecule has 0 unspecified atom stereocenters. The molecule has 0 saturated heterocycles. The molecule has 15 heavy (non-hydrogen) atoms. The van der Waals surface area contributed by atoms with Gasteiger partial charge in [0.25, 0.3) is 6.47 Å². The summed E-state index contributed by atoms with van der Waals surface area (Å²) in [6.45, 7) is 5.70. The number of unbranched alkanes of at least 4 members (excludes halogenated alkanes) is 6. The molecule has 0 N–H and O–H groups in total. The molecule has 2 heteroatoms. The SMILES string of the molecule is CC(C)CCCCCCCCCOC=O. The summed E-state index contributed by atoms with van der Waals surface area (Å²) in [6.07, 6.45) is 10.3. The molecule has 0 rings (SSSR count). The highest BCUT2D eigenvalue weighted by Crippen LogP contribution is 2.11. The van der Waals surface area contributed by atoms with Crippen LogP contribution in [-0.2, 0) is 9.53 Å². The summed E-state index contributed by atoms with van der Waals surface area (Å²) in [7, 11) is 0. The predicted octanol–water partition coefficient (Wildman–Crippen LogP) is 3.94. The first-order valence-corrected chi connectivity index (χ1v) is 6.32. The quantitative estimate of drug-likeness (QED) is 0.385. The number of hydrogen-bond acceptors (Lipinski definition) is 2. The van der Waals surface area contributed by atoms with Crippen LogP contribution in [0.2, 0.25) is 0 Å². The van der Waals surface area contributed by atoms with Crippen molar-refractivity contribution in [1.29, 1.82) is 0 Å². The summed E-state index contributed by atoms with van der Waals surface area (Å²) < 4.78 is 4.62. The molecule has 90 valence electrons. The molecule has 0 fully saturated rings. The largest absolute Gasteiger partial charge is 0.468 e. The normalized spacial score (nSPS) is 10.6. The van der Waals surface area contributed by atoms with Crippen molar-refractivity contribution in [3.63, 3.8) is 0 Å². The Kier molecular flexibility index (Phi) is 11.1. The van der Waals surface area contributed by atoms with E-state index in [0.29, 0.717) is 13.1 Å². The molecule has 0 aliphatic heterocycles. The summed E-state index contributed by atoms with van der Waals surface area (Å²) in [5.74, 6) is 0.852. The summed E-state index contributed by atoms with van der Waals surface area (Å²) in [4.78, 5) is 9.84. The Hall–Kier alpha value is -0.530. The molecule has 0 spiro atoms. The van der Waals surface area contributed by atoms with Crippen LogP contribution in [0.25, 0.3) is 0 Å². The average molecular weight is 214 g/mol. The summed E-state index contributed by atoms with van der Waals surface area (Å²) in [5, 5.41) is 0. The van der Waals surface area contributed by atoms with E-state index in [1.54, 1.807) is 0 Å². The Balaban J connectivity index is 2.89. The van der Waals surface area contributed by atoms with Crippen LogP contribution in [0.15, 0.2) is 0 Å². The number of carbonyl (C=O) groups excluding carboxylic acids is 1. The molecule has 0 aromatic carbocycles. The van der Waals surface area contributed by atoms with Crippen LogP contribution in [0.4, 0.5) is 0 Å². The number of rotatable bonds is 11. The van der Waals surface area contributed by atoms with Crippen molar-refractivity contribution >= 4 is 6.47 Å². The van der Waals surface area contributed by atoms with Gasteiger partial charge in [-0.15, -0.1) is 0 Å². The third-order valence-electron chi connectivity index (χ3n) is 2.61. The van der Waals surface area contributed by atoms with Gasteiger partial charge in [0.2, 0.25) is 0 Å². The Morgan fingerprint density at radius 2 is 1.47 bits per heavy atom. The smallest absolute Gasteiger partial charge is 0.293 e. The van der Waals surface area contributed by atoms with Crippen LogP contribution in [0.5, 0.6) is 0 Å². The van der Waals surface area contributed by atoms with Crippen LogP contribution >= 0.6 is 0 Å². The van der Waals surface area contributed by atoms with E-state index in [-0.39, 0.29) is 0 Å². The highest BCUT2D eigenvalue weighted by Gasteiger charge is 1.95. The van der Waals surface area contributed by atoms with Gasteiger partial charge in [0, 0.05) is 0 Å². The number of ether oxygens (including phenoxy) is 1. The fourth-order valence-electron chi connectivity index (χ4n) is 1.67. The van der Waals surface area contributed by atoms with Crippen LogP contribution in [-0.4, -0.2) is 13.1 Å². The third kappa shape index (κ3) is 13.5. The zero-order valence-corrected chi connectivity index (χ0v) is 10.3. The molecular formula is C13H26O2. The summed E-state index contributed by atoms with van der Waals surface area (Å²) in [6, 6.07) is 0. The van der Waals surface area contributed by atoms with Crippen molar-refractivity contribution in [1.82, 2.24) is 0 Å². The van der Waals surface area contributed by atoms with E-state index in [9.17, 15) is 4.79 Å². The predicted molar refractivity (Wildman–Crippen MR) is 63.8 cm³/mol. The van der Waals surface area contributed by atoms with Gasteiger partial charge in [0.05, 0.1) is 6.61 Å². The first-order valence-electron chi connectivity index (χ1n) is 6.32. The van der Waals surface area contributed by atoms with Gasteiger partial charge in [-0.2, -0.15) is 0 Å². The zero-order valence-electron chi connectivity index (χ0n) is 10.3. The van der Waals surface area contributed by atoms with Gasteiger partial charge in [0.1, 0.15) is 0 Å². The minimum Gasteiger partial charge on any atom is -0.468 e. The molecular weight excluding hydrogens is 188 g/mol. The molecule has 0 saturated carbocycles. The lowest BCUT2D eigenvalue weighted by atomic mass is 10.0. The molecule has 0 bridgehead atoms. The third-order valence-corrected chi connectivity index (χ3v) is 2.61. The lowest BCUT2D eigenvalue weighted by Gasteiger charge is -2.04. The molecule has 2 nitrogen and oxygen atoms in total. The van der Waals surface area contributed by atoms with Crippen LogP contribution in [0, 0.1) is 5.92 Å². The van der Waals surface area contributed by atoms with Gasteiger partial charge in [-0.05, 0) is 12.3 Å². The van der Waals surface area contributed by atoms with Gasteiger partial charge >= 0.3 is 0 Å². The molecule has 0 aliphatic rings. The van der Waals surface area contributed by atoms with Crippen LogP contribution in [0.3, 0.4) is 0 Å². The zero-order chi connectivity index (χ0) is 11.4. The van der Waals surface area contributed by atoms with Gasteiger partial charge < -0.3 is 4.74 Å². The maximum absolute atomic E-state index is 9.84. The molecule has 0 amide bonds. The second-order valence-electron chi connectivity index (χ2n) is 4.62. The van der Waals surface area contributed by atoms with Crippen molar-refractivity contribution < 1.29 is 9.53 Å². The molecule has 0 radical (unpaired) electrons. The van der Waals surface area contributed by atoms with Crippen molar-refractivity contribution in [2.75, 3.05) is 6.61 Å². The lowest BCUT2D eigenvalue weighted by Crippen LogP contribution is -1.91. The van der Waals surface area contributed by atoms with E-state index in [4.69, 9.17) is 0 Å². The summed E-state index contributed by atoms with van der Waals surface area (Å²) in [5.41, 5.74) is 0. The molecule has 0 aromatic rings. The van der Waals surface area contributed by atoms with Crippen LogP contribution < -0.4 is 0 Å². The lowest BCUT2D eigenvalue weighted by molar-refractivity contribution is -0.128. The highest BCUT2D eigenvalue weighted by molar-refractivity contribution is 5.36. The minimum atomic E-state index is 0.534. The van der Waals surface area contributed by atoms with E-state index in [1.807, 2.05) is 0 Å². The number of carbonyl (C=O) groups is 1. The van der Waals surface area contributed by atoms with E-state index < -0.39 is 0 Å². The standard InChI is InChI=1S/C13H26O2/c1-13(2)10-8-6-4-3-5-7-9-11-15-12-14/h12-13H,3-11H2,1-2H3. The monoisotopic (exact) mass is 214 g/mol. The number of hydrogen-bond donors (Lipinski definition) is 0. The van der Waals surface area contributed by atoms with Crippen molar-refractivity contribution in [2.24, 2.45) is 5.92 Å². The second-order valence-corrected chi connectivity index (χ2v) is 4.62. The van der Waals surface area contributed by atoms with E-state index in [2.05, 4.69) is 18.6 Å². The molecule has 0 aliphatic carbocycles. The van der Waals surface area contributed by atoms with Gasteiger partial charge in [-0.3, -0.25) is 4.79 Å². The fourth-order valence-corrected chi connectivity index (χ4v) is 1.67. The Morgan fingerprint density at radius 3 is 2.00 bits per heavy atom. The Bertz CT molecular complexity index is 132. The molecule has 0 atom stereocenters. The first kappa shape index (κ1) is 14.5. The Morgan fingerprint density at radius 1 is 0.933 bits per heavy atom. The van der Waals surface area contributed by atoms with Gasteiger partial charge in [-0.25, -0.2) is 0 Å². The van der Waals surface area contributed by atoms with Crippen molar-refractivity contribution in [3.8, 4) is 0 Å². The molecule has 0 heterocycles. The average Bonchev–Trinajstić information content (AvgIpc) is 2.20. The topological polar surface area (TPSA) is 26.3 Å². The second kappa shape index (κ2) is 11.5. The van der Waals surface area contributed by atoms with Crippen LogP contribution in [0.1, 0.15) is 65.2 Å². The van der Waals surface area contributed by atoms with E-state index in [1.165, 1.54) is 44.9 Å². The van der Waals surface area contributed by atoms with Gasteiger partial charge in [0.15, 0.2) is 0 Å². The highest BCUT2D eigenvalue weighted by atomic mass is 16.5.